The van der Waals surface area contributed by atoms with Crippen molar-refractivity contribution >= 4 is 38.6 Å². The average Bonchev–Trinajstić information content (AvgIpc) is 2.88. The van der Waals surface area contributed by atoms with Crippen molar-refractivity contribution in [2.75, 3.05) is 45.6 Å². The molecular weight excluding hydrogens is 500 g/mol. The monoisotopic (exact) mass is 530 g/mol. The molecule has 36 heavy (non-hydrogen) atoms. The van der Waals surface area contributed by atoms with E-state index in [0.717, 1.165) is 5.56 Å². The molecule has 0 aliphatic carbocycles. The number of piperazine rings is 1. The van der Waals surface area contributed by atoms with E-state index in [1.807, 2.05) is 19.9 Å². The molecular formula is C25H30N4O5S2. The Morgan fingerprint density at radius 3 is 2.42 bits per heavy atom. The van der Waals surface area contributed by atoms with Crippen molar-refractivity contribution in [2.24, 2.45) is 0 Å². The van der Waals surface area contributed by atoms with Crippen molar-refractivity contribution in [3.05, 3.63) is 64.4 Å². The van der Waals surface area contributed by atoms with Gasteiger partial charge in [-0.15, -0.1) is 0 Å². The van der Waals surface area contributed by atoms with Crippen LogP contribution in [-0.4, -0.2) is 78.7 Å². The van der Waals surface area contributed by atoms with Crippen LogP contribution in [0.2, 0.25) is 0 Å². The summed E-state index contributed by atoms with van der Waals surface area (Å²) in [5.74, 6) is -0.0319. The van der Waals surface area contributed by atoms with Crippen LogP contribution >= 0.6 is 11.8 Å². The van der Waals surface area contributed by atoms with Crippen LogP contribution < -0.4 is 5.56 Å². The maximum Gasteiger partial charge on any atom is 0.262 e. The topological polar surface area (TPSA) is 102 Å². The second-order valence-corrected chi connectivity index (χ2v) is 11.7. The van der Waals surface area contributed by atoms with E-state index in [1.165, 1.54) is 16.1 Å². The fraction of sp³-hybridized carbons (Fsp3) is 0.400. The van der Waals surface area contributed by atoms with Crippen LogP contribution in [0.4, 0.5) is 0 Å². The van der Waals surface area contributed by atoms with Crippen molar-refractivity contribution in [3.8, 4) is 0 Å². The number of benzene rings is 2. The Balaban J connectivity index is 1.44. The number of ether oxygens (including phenoxy) is 1. The van der Waals surface area contributed by atoms with Crippen molar-refractivity contribution < 1.29 is 17.9 Å². The molecule has 0 bridgehead atoms. The molecule has 0 N–H and O–H groups in total. The molecule has 4 rings (SSSR count). The Kier molecular flexibility index (Phi) is 8.13. The minimum Gasteiger partial charge on any atom is -0.383 e. The van der Waals surface area contributed by atoms with E-state index >= 15 is 0 Å². The van der Waals surface area contributed by atoms with Crippen LogP contribution in [0.3, 0.4) is 0 Å². The van der Waals surface area contributed by atoms with Gasteiger partial charge >= 0.3 is 0 Å². The second-order valence-electron chi connectivity index (χ2n) is 8.78. The molecule has 0 saturated carbocycles. The van der Waals surface area contributed by atoms with Gasteiger partial charge in [-0.25, -0.2) is 13.4 Å². The Labute approximate surface area is 215 Å². The summed E-state index contributed by atoms with van der Waals surface area (Å²) in [6.07, 6.45) is 0. The summed E-state index contributed by atoms with van der Waals surface area (Å²) in [5, 5.41) is 0.972. The summed E-state index contributed by atoms with van der Waals surface area (Å²) >= 11 is 1.21. The zero-order valence-corrected chi connectivity index (χ0v) is 22.2. The first-order chi connectivity index (χ1) is 17.2. The summed E-state index contributed by atoms with van der Waals surface area (Å²) < 4.78 is 34.1. The van der Waals surface area contributed by atoms with Gasteiger partial charge in [0.2, 0.25) is 15.9 Å². The fourth-order valence-electron chi connectivity index (χ4n) is 4.19. The zero-order valence-electron chi connectivity index (χ0n) is 20.6. The molecule has 2 aromatic carbocycles. The van der Waals surface area contributed by atoms with Crippen molar-refractivity contribution in [2.45, 2.75) is 29.9 Å². The van der Waals surface area contributed by atoms with Crippen LogP contribution in [0.15, 0.2) is 63.4 Å². The highest BCUT2D eigenvalue weighted by molar-refractivity contribution is 7.99. The first-order valence-electron chi connectivity index (χ1n) is 11.7. The molecule has 1 amide bonds. The molecule has 11 heteroatoms. The van der Waals surface area contributed by atoms with Gasteiger partial charge < -0.3 is 9.64 Å². The molecule has 192 valence electrons. The lowest BCUT2D eigenvalue weighted by molar-refractivity contribution is -0.129. The Morgan fingerprint density at radius 1 is 1.08 bits per heavy atom. The quantitative estimate of drug-likeness (QED) is 0.326. The van der Waals surface area contributed by atoms with E-state index in [0.29, 0.717) is 35.8 Å². The van der Waals surface area contributed by atoms with Crippen molar-refractivity contribution in [3.63, 3.8) is 0 Å². The highest BCUT2D eigenvalue weighted by Gasteiger charge is 2.30. The lowest BCUT2D eigenvalue weighted by atomic mass is 10.2. The summed E-state index contributed by atoms with van der Waals surface area (Å²) in [6.45, 7) is 5.20. The van der Waals surface area contributed by atoms with Gasteiger partial charge in [-0.1, -0.05) is 41.6 Å². The number of aryl methyl sites for hydroxylation is 1. The number of fused-ring (bicyclic) bond motifs is 1. The minimum atomic E-state index is -3.60. The number of carbonyl (C=O) groups excluding carboxylic acids is 1. The van der Waals surface area contributed by atoms with Gasteiger partial charge in [0.25, 0.3) is 5.56 Å². The fourth-order valence-corrected chi connectivity index (χ4v) is 6.61. The lowest BCUT2D eigenvalue weighted by Gasteiger charge is -2.34. The number of hydrogen-bond acceptors (Lipinski definition) is 7. The van der Waals surface area contributed by atoms with E-state index < -0.39 is 10.0 Å². The van der Waals surface area contributed by atoms with Crippen LogP contribution in [0, 0.1) is 6.92 Å². The number of hydrogen-bond donors (Lipinski definition) is 0. The summed E-state index contributed by atoms with van der Waals surface area (Å²) in [5.41, 5.74) is 1.40. The molecule has 1 fully saturated rings. The Hall–Kier alpha value is -2.73. The number of amides is 1. The molecule has 1 saturated heterocycles. The van der Waals surface area contributed by atoms with Gasteiger partial charge in [0.1, 0.15) is 0 Å². The van der Waals surface area contributed by atoms with Gasteiger partial charge in [0.05, 0.1) is 34.2 Å². The van der Waals surface area contributed by atoms with E-state index in [4.69, 9.17) is 4.74 Å². The van der Waals surface area contributed by atoms with E-state index in [2.05, 4.69) is 4.98 Å². The maximum absolute atomic E-state index is 13.2. The number of sulfonamides is 1. The number of thioether (sulfide) groups is 1. The van der Waals surface area contributed by atoms with E-state index in [-0.39, 0.29) is 41.2 Å². The predicted molar refractivity (Wildman–Crippen MR) is 140 cm³/mol. The molecule has 1 aliphatic heterocycles. The van der Waals surface area contributed by atoms with Gasteiger partial charge in [-0.2, -0.15) is 4.31 Å². The molecule has 1 aromatic heterocycles. The first-order valence-corrected chi connectivity index (χ1v) is 14.1. The Morgan fingerprint density at radius 2 is 1.75 bits per heavy atom. The molecule has 9 nitrogen and oxygen atoms in total. The number of methoxy groups -OCH3 is 1. The zero-order chi connectivity index (χ0) is 25.9. The summed E-state index contributed by atoms with van der Waals surface area (Å²) in [4.78, 5) is 32.7. The predicted octanol–water partition coefficient (Wildman–Crippen LogP) is 2.54. The molecule has 0 unspecified atom stereocenters. The smallest absolute Gasteiger partial charge is 0.262 e. The number of para-hydroxylation sites is 1. The van der Waals surface area contributed by atoms with Gasteiger partial charge in [-0.3, -0.25) is 14.2 Å². The van der Waals surface area contributed by atoms with E-state index in [1.54, 1.807) is 59.0 Å². The average molecular weight is 531 g/mol. The SMILES string of the molecule is COC[C@@H](C)n1c(SCC(=O)N2CCN(S(=O)(=O)c3ccc(C)cc3)CC2)nc2ccccc2c1=O. The summed E-state index contributed by atoms with van der Waals surface area (Å²) in [6, 6.07) is 13.7. The number of rotatable bonds is 8. The molecule has 1 aliphatic rings. The second kappa shape index (κ2) is 11.1. The van der Waals surface area contributed by atoms with Crippen LogP contribution in [0.25, 0.3) is 10.9 Å². The van der Waals surface area contributed by atoms with Gasteiger partial charge in [0.15, 0.2) is 5.16 Å². The molecule has 2 heterocycles. The number of carbonyl (C=O) groups is 1. The molecule has 0 radical (unpaired) electrons. The molecule has 1 atom stereocenters. The third kappa shape index (κ3) is 5.49. The number of aromatic nitrogens is 2. The van der Waals surface area contributed by atoms with Gasteiger partial charge in [0, 0.05) is 33.3 Å². The third-order valence-electron chi connectivity index (χ3n) is 6.20. The molecule has 0 spiro atoms. The largest absolute Gasteiger partial charge is 0.383 e. The summed E-state index contributed by atoms with van der Waals surface area (Å²) in [7, 11) is -2.02. The first kappa shape index (κ1) is 26.3. The highest BCUT2D eigenvalue weighted by Crippen LogP contribution is 2.23. The van der Waals surface area contributed by atoms with Crippen LogP contribution in [0.5, 0.6) is 0 Å². The van der Waals surface area contributed by atoms with E-state index in [9.17, 15) is 18.0 Å². The van der Waals surface area contributed by atoms with Crippen LogP contribution in [0.1, 0.15) is 18.5 Å². The minimum absolute atomic E-state index is 0.0925. The lowest BCUT2D eigenvalue weighted by Crippen LogP contribution is -2.51. The Bertz CT molecular complexity index is 1400. The number of nitrogens with zero attached hydrogens (tertiary/aromatic N) is 4. The third-order valence-corrected chi connectivity index (χ3v) is 9.05. The van der Waals surface area contributed by atoms with Crippen molar-refractivity contribution in [1.29, 1.82) is 0 Å². The van der Waals surface area contributed by atoms with Crippen molar-refractivity contribution in [1.82, 2.24) is 18.8 Å². The van der Waals surface area contributed by atoms with Gasteiger partial charge in [-0.05, 0) is 38.1 Å². The highest BCUT2D eigenvalue weighted by atomic mass is 32.2. The molecule has 3 aromatic rings. The normalized spacial score (nSPS) is 15.8. The standard InChI is InChI=1S/C25H30N4O5S2/c1-18-8-10-20(11-9-18)36(32,33)28-14-12-27(13-15-28)23(30)17-35-25-26-22-7-5-4-6-21(22)24(31)29(25)19(2)16-34-3/h4-11,19H,12-17H2,1-3H3/t19-/m1/s1. The maximum atomic E-state index is 13.2. The van der Waals surface area contributed by atoms with Crippen LogP contribution in [-0.2, 0) is 19.6 Å².